The SMILES string of the molecule is [2H]c1c([2H])c(N(c2ccccc2)c2cccc3ccccc23)c([2H])c([2H])c1-c1ccc2cc(N(c3ccccc3)c3ccc4c5ccccc5n(-c5ccccc5)c4c3)ccc2c1. The predicted octanol–water partition coefficient (Wildman–Crippen LogP) is 15.7. The average molecular weight is 758 g/mol. The Morgan fingerprint density at radius 2 is 0.898 bits per heavy atom. The third kappa shape index (κ3) is 6.17. The Bertz CT molecular complexity index is 3480. The van der Waals surface area contributed by atoms with Crippen LogP contribution in [0.25, 0.3) is 60.2 Å². The minimum absolute atomic E-state index is 0.0957. The first kappa shape index (κ1) is 30.3. The van der Waals surface area contributed by atoms with E-state index < -0.39 is 0 Å². The molecule has 0 saturated carbocycles. The molecule has 0 N–H and O–H groups in total. The molecule has 0 spiro atoms. The zero-order valence-electron chi connectivity index (χ0n) is 36.0. The lowest BCUT2D eigenvalue weighted by molar-refractivity contribution is 1.18. The minimum Gasteiger partial charge on any atom is -0.310 e. The molecule has 0 radical (unpaired) electrons. The van der Waals surface area contributed by atoms with Crippen molar-refractivity contribution in [1.82, 2.24) is 4.57 Å². The van der Waals surface area contributed by atoms with Gasteiger partial charge in [0.25, 0.3) is 0 Å². The molecule has 3 nitrogen and oxygen atoms in total. The highest BCUT2D eigenvalue weighted by molar-refractivity contribution is 6.10. The first-order valence-corrected chi connectivity index (χ1v) is 19.9. The van der Waals surface area contributed by atoms with Crippen molar-refractivity contribution in [2.24, 2.45) is 0 Å². The summed E-state index contributed by atoms with van der Waals surface area (Å²) >= 11 is 0. The van der Waals surface area contributed by atoms with Crippen molar-refractivity contribution in [1.29, 1.82) is 0 Å². The van der Waals surface area contributed by atoms with E-state index in [0.29, 0.717) is 5.56 Å². The second kappa shape index (κ2) is 14.6. The lowest BCUT2D eigenvalue weighted by Gasteiger charge is -2.27. The van der Waals surface area contributed by atoms with Crippen LogP contribution in [-0.2, 0) is 0 Å². The Labute approximate surface area is 349 Å². The summed E-state index contributed by atoms with van der Waals surface area (Å²) < 4.78 is 40.1. The number of aromatic nitrogens is 1. The summed E-state index contributed by atoms with van der Waals surface area (Å²) in [5.41, 5.74) is 8.98. The van der Waals surface area contributed by atoms with Crippen molar-refractivity contribution in [3.05, 3.63) is 236 Å². The summed E-state index contributed by atoms with van der Waals surface area (Å²) in [6, 6.07) is 71.5. The summed E-state index contributed by atoms with van der Waals surface area (Å²) in [5, 5.41) is 6.25. The van der Waals surface area contributed by atoms with Crippen LogP contribution in [0.3, 0.4) is 0 Å². The Kier molecular flexibility index (Phi) is 7.48. The van der Waals surface area contributed by atoms with Gasteiger partial charge in [0.1, 0.15) is 0 Å². The van der Waals surface area contributed by atoms with Gasteiger partial charge in [-0.2, -0.15) is 0 Å². The fourth-order valence-corrected chi connectivity index (χ4v) is 8.44. The van der Waals surface area contributed by atoms with Gasteiger partial charge < -0.3 is 14.4 Å². The quantitative estimate of drug-likeness (QED) is 0.153. The summed E-state index contributed by atoms with van der Waals surface area (Å²) in [4.78, 5) is 4.13. The van der Waals surface area contributed by atoms with E-state index in [1.54, 1.807) is 0 Å². The van der Waals surface area contributed by atoms with Crippen LogP contribution in [0.4, 0.5) is 34.1 Å². The van der Waals surface area contributed by atoms with E-state index >= 15 is 0 Å². The average Bonchev–Trinajstić information content (AvgIpc) is 3.67. The summed E-state index contributed by atoms with van der Waals surface area (Å²) in [6.07, 6.45) is 0. The molecular weight excluding hydrogens is 715 g/mol. The molecule has 0 aliphatic heterocycles. The van der Waals surface area contributed by atoms with E-state index in [1.165, 1.54) is 10.8 Å². The van der Waals surface area contributed by atoms with E-state index in [4.69, 9.17) is 0 Å². The number of rotatable bonds is 8. The molecule has 0 aliphatic rings. The van der Waals surface area contributed by atoms with Crippen molar-refractivity contribution in [2.75, 3.05) is 9.80 Å². The smallest absolute Gasteiger partial charge is 0.0645 e. The molecule has 278 valence electrons. The fraction of sp³-hybridized carbons (Fsp3) is 0. The van der Waals surface area contributed by atoms with Crippen LogP contribution in [0.15, 0.2) is 236 Å². The molecule has 0 aliphatic carbocycles. The first-order valence-electron chi connectivity index (χ1n) is 21.9. The largest absolute Gasteiger partial charge is 0.310 e. The number of fused-ring (bicyclic) bond motifs is 5. The van der Waals surface area contributed by atoms with E-state index in [1.807, 2.05) is 108 Å². The molecule has 11 aromatic rings. The van der Waals surface area contributed by atoms with Gasteiger partial charge in [-0.3, -0.25) is 0 Å². The minimum atomic E-state index is -0.111. The van der Waals surface area contributed by atoms with Gasteiger partial charge in [-0.05, 0) is 118 Å². The molecular formula is C56H39N3. The Morgan fingerprint density at radius 3 is 1.68 bits per heavy atom. The van der Waals surface area contributed by atoms with Crippen LogP contribution in [-0.4, -0.2) is 4.57 Å². The number of anilines is 6. The maximum Gasteiger partial charge on any atom is 0.0645 e. The van der Waals surface area contributed by atoms with Crippen molar-refractivity contribution < 1.29 is 5.48 Å². The van der Waals surface area contributed by atoms with Crippen LogP contribution in [0, 0.1) is 0 Å². The standard InChI is InChI=1S/C56H39N3/c1-4-17-45(18-5-1)57(50-35-36-53-52-24-12-13-25-55(52)59(56(53)39-50)47-21-8-3-9-22-47)49-34-31-43-37-42(27-28-44(43)38-49)40-29-32-48(33-30-40)58(46-19-6-2-7-20-46)54-26-14-16-41-15-10-11-23-51(41)54/h1-39H/i29D,30D,32D,33D. The van der Waals surface area contributed by atoms with E-state index in [-0.39, 0.29) is 35.4 Å². The fourth-order valence-electron chi connectivity index (χ4n) is 8.44. The Hall–Kier alpha value is -7.88. The van der Waals surface area contributed by atoms with Crippen LogP contribution >= 0.6 is 0 Å². The van der Waals surface area contributed by atoms with E-state index in [9.17, 15) is 5.48 Å². The number of hydrogen-bond donors (Lipinski definition) is 0. The molecule has 59 heavy (non-hydrogen) atoms. The molecule has 0 unspecified atom stereocenters. The number of para-hydroxylation sites is 4. The molecule has 0 saturated heterocycles. The molecule has 0 atom stereocenters. The van der Waals surface area contributed by atoms with Crippen LogP contribution in [0.5, 0.6) is 0 Å². The van der Waals surface area contributed by atoms with Gasteiger partial charge in [-0.15, -0.1) is 0 Å². The van der Waals surface area contributed by atoms with Gasteiger partial charge in [-0.25, -0.2) is 0 Å². The van der Waals surface area contributed by atoms with E-state index in [0.717, 1.165) is 66.7 Å². The third-order valence-corrected chi connectivity index (χ3v) is 11.2. The predicted molar refractivity (Wildman–Crippen MR) is 251 cm³/mol. The molecule has 0 fully saturated rings. The molecule has 3 heteroatoms. The first-order chi connectivity index (χ1) is 30.9. The number of nitrogens with zero attached hydrogens (tertiary/aromatic N) is 3. The second-order valence-corrected chi connectivity index (χ2v) is 14.7. The van der Waals surface area contributed by atoms with Gasteiger partial charge >= 0.3 is 0 Å². The molecule has 10 aromatic carbocycles. The lowest BCUT2D eigenvalue weighted by Crippen LogP contribution is -2.10. The zero-order valence-corrected chi connectivity index (χ0v) is 32.0. The Morgan fingerprint density at radius 1 is 0.322 bits per heavy atom. The maximum absolute atomic E-state index is 9.47. The van der Waals surface area contributed by atoms with Crippen molar-refractivity contribution in [2.45, 2.75) is 0 Å². The molecule has 0 amide bonds. The topological polar surface area (TPSA) is 11.4 Å². The van der Waals surface area contributed by atoms with Crippen molar-refractivity contribution in [3.63, 3.8) is 0 Å². The third-order valence-electron chi connectivity index (χ3n) is 11.2. The van der Waals surface area contributed by atoms with Crippen molar-refractivity contribution in [3.8, 4) is 16.8 Å². The number of hydrogen-bond acceptors (Lipinski definition) is 2. The normalized spacial score (nSPS) is 12.3. The highest BCUT2D eigenvalue weighted by atomic mass is 15.1. The van der Waals surface area contributed by atoms with Gasteiger partial charge in [0.2, 0.25) is 0 Å². The maximum atomic E-state index is 9.47. The molecule has 1 aromatic heterocycles. The molecule has 0 bridgehead atoms. The van der Waals surface area contributed by atoms with Crippen LogP contribution in [0.2, 0.25) is 0 Å². The van der Waals surface area contributed by atoms with Crippen LogP contribution < -0.4 is 9.80 Å². The summed E-state index contributed by atoms with van der Waals surface area (Å²) in [6.45, 7) is 0. The van der Waals surface area contributed by atoms with Crippen LogP contribution in [0.1, 0.15) is 5.48 Å². The molecule has 11 rings (SSSR count). The van der Waals surface area contributed by atoms with E-state index in [2.05, 4.69) is 119 Å². The van der Waals surface area contributed by atoms with Gasteiger partial charge in [0, 0.05) is 50.3 Å². The molecule has 1 heterocycles. The lowest BCUT2D eigenvalue weighted by atomic mass is 10.00. The van der Waals surface area contributed by atoms with Crippen molar-refractivity contribution >= 4 is 77.5 Å². The highest BCUT2D eigenvalue weighted by Crippen LogP contribution is 2.42. The highest BCUT2D eigenvalue weighted by Gasteiger charge is 2.19. The second-order valence-electron chi connectivity index (χ2n) is 14.7. The summed E-state index contributed by atoms with van der Waals surface area (Å²) in [7, 11) is 0. The Balaban J connectivity index is 1.02. The number of benzene rings is 10. The summed E-state index contributed by atoms with van der Waals surface area (Å²) in [5.74, 6) is 0. The zero-order chi connectivity index (χ0) is 42.6. The van der Waals surface area contributed by atoms with Gasteiger partial charge in [-0.1, -0.05) is 146 Å². The van der Waals surface area contributed by atoms with Gasteiger partial charge in [0.05, 0.1) is 22.2 Å². The monoisotopic (exact) mass is 757 g/mol. The van der Waals surface area contributed by atoms with Gasteiger partial charge in [0.15, 0.2) is 0 Å².